The highest BCUT2D eigenvalue weighted by molar-refractivity contribution is 7.22. The van der Waals surface area contributed by atoms with Crippen LogP contribution in [0.3, 0.4) is 0 Å². The van der Waals surface area contributed by atoms with Crippen LogP contribution in [-0.2, 0) is 6.42 Å². The Morgan fingerprint density at radius 3 is 2.38 bits per heavy atom. The van der Waals surface area contributed by atoms with Crippen LogP contribution in [0.4, 0.5) is 5.13 Å². The number of hydrogen-bond acceptors (Lipinski definition) is 5. The van der Waals surface area contributed by atoms with E-state index in [4.69, 9.17) is 9.72 Å². The van der Waals surface area contributed by atoms with Gasteiger partial charge in [0, 0.05) is 18.7 Å². The standard InChI is InChI=1S/C28H31N3O2S/c1-4-21-15-16-25-26(19-21)34-28(29-25)31(18-17-30(5-2)6-3)27(32)22-11-10-14-24(20-22)33-23-12-8-7-9-13-23/h7-16,19-20H,4-6,17-18H2,1-3H3. The monoisotopic (exact) mass is 473 g/mol. The van der Waals surface area contributed by atoms with E-state index in [2.05, 4.69) is 43.9 Å². The lowest BCUT2D eigenvalue weighted by molar-refractivity contribution is 0.0983. The molecule has 1 amide bonds. The summed E-state index contributed by atoms with van der Waals surface area (Å²) < 4.78 is 7.08. The second-order valence-electron chi connectivity index (χ2n) is 8.08. The number of benzene rings is 3. The summed E-state index contributed by atoms with van der Waals surface area (Å²) in [6.07, 6.45) is 0.974. The van der Waals surface area contributed by atoms with E-state index in [0.717, 1.165) is 47.2 Å². The minimum absolute atomic E-state index is 0.0690. The number of aromatic nitrogens is 1. The van der Waals surface area contributed by atoms with E-state index < -0.39 is 0 Å². The number of amides is 1. The molecule has 0 unspecified atom stereocenters. The van der Waals surface area contributed by atoms with E-state index in [0.29, 0.717) is 17.9 Å². The largest absolute Gasteiger partial charge is 0.457 e. The Kier molecular flexibility index (Phi) is 7.93. The lowest BCUT2D eigenvalue weighted by Gasteiger charge is -2.25. The summed E-state index contributed by atoms with van der Waals surface area (Å²) in [4.78, 5) is 22.7. The van der Waals surface area contributed by atoms with Crippen LogP contribution in [0.1, 0.15) is 36.7 Å². The van der Waals surface area contributed by atoms with Crippen LogP contribution in [-0.4, -0.2) is 42.0 Å². The van der Waals surface area contributed by atoms with Crippen LogP contribution in [0.25, 0.3) is 10.2 Å². The van der Waals surface area contributed by atoms with E-state index in [1.807, 2.05) is 59.5 Å². The quantitative estimate of drug-likeness (QED) is 0.259. The van der Waals surface area contributed by atoms with Gasteiger partial charge in [-0.25, -0.2) is 4.98 Å². The number of ether oxygens (including phenoxy) is 1. The molecule has 0 radical (unpaired) electrons. The van der Waals surface area contributed by atoms with Crippen LogP contribution in [0, 0.1) is 0 Å². The summed E-state index contributed by atoms with van der Waals surface area (Å²) in [5.41, 5.74) is 2.79. The van der Waals surface area contributed by atoms with Gasteiger partial charge in [-0.2, -0.15) is 0 Å². The lowest BCUT2D eigenvalue weighted by Crippen LogP contribution is -2.38. The third-order valence-corrected chi connectivity index (χ3v) is 6.96. The van der Waals surface area contributed by atoms with Gasteiger partial charge < -0.3 is 9.64 Å². The van der Waals surface area contributed by atoms with Gasteiger partial charge >= 0.3 is 0 Å². The molecule has 0 aliphatic heterocycles. The summed E-state index contributed by atoms with van der Waals surface area (Å²) >= 11 is 1.58. The Hall–Kier alpha value is -3.22. The van der Waals surface area contributed by atoms with E-state index in [-0.39, 0.29) is 5.91 Å². The van der Waals surface area contributed by atoms with E-state index in [1.54, 1.807) is 11.3 Å². The summed E-state index contributed by atoms with van der Waals surface area (Å²) in [6.45, 7) is 9.68. The molecule has 0 atom stereocenters. The summed E-state index contributed by atoms with van der Waals surface area (Å²) in [5.74, 6) is 1.31. The molecule has 0 spiro atoms. The average molecular weight is 474 g/mol. The van der Waals surface area contributed by atoms with Crippen molar-refractivity contribution in [2.45, 2.75) is 27.2 Å². The van der Waals surface area contributed by atoms with E-state index in [1.165, 1.54) is 5.56 Å². The Morgan fingerprint density at radius 1 is 0.882 bits per heavy atom. The van der Waals surface area contributed by atoms with Crippen molar-refractivity contribution in [2.24, 2.45) is 0 Å². The number of likely N-dealkylation sites (N-methyl/N-ethyl adjacent to an activating group) is 1. The van der Waals surface area contributed by atoms with Crippen molar-refractivity contribution in [3.63, 3.8) is 0 Å². The normalized spacial score (nSPS) is 11.2. The SMILES string of the molecule is CCc1ccc2nc(N(CCN(CC)CC)C(=O)c3cccc(Oc4ccccc4)c3)sc2c1. The number of anilines is 1. The second kappa shape index (κ2) is 11.3. The minimum Gasteiger partial charge on any atom is -0.457 e. The number of rotatable bonds is 10. The zero-order chi connectivity index (χ0) is 23.9. The molecule has 0 bridgehead atoms. The molecule has 34 heavy (non-hydrogen) atoms. The average Bonchev–Trinajstić information content (AvgIpc) is 3.30. The molecular formula is C28H31N3O2S. The Balaban J connectivity index is 1.64. The zero-order valence-corrected chi connectivity index (χ0v) is 20.8. The molecule has 0 N–H and O–H groups in total. The maximum Gasteiger partial charge on any atom is 0.260 e. The molecule has 3 aromatic carbocycles. The zero-order valence-electron chi connectivity index (χ0n) is 20.0. The van der Waals surface area contributed by atoms with Crippen LogP contribution < -0.4 is 9.64 Å². The fraction of sp³-hybridized carbons (Fsp3) is 0.286. The van der Waals surface area contributed by atoms with Gasteiger partial charge in [-0.1, -0.05) is 62.4 Å². The van der Waals surface area contributed by atoms with E-state index in [9.17, 15) is 4.79 Å². The van der Waals surface area contributed by atoms with Gasteiger partial charge in [0.05, 0.1) is 10.2 Å². The number of fused-ring (bicyclic) bond motifs is 1. The van der Waals surface area contributed by atoms with Crippen LogP contribution in [0.5, 0.6) is 11.5 Å². The molecule has 0 saturated carbocycles. The summed E-state index contributed by atoms with van der Waals surface area (Å²) in [6, 6.07) is 23.3. The Labute approximate surface area is 205 Å². The number of hydrogen-bond donors (Lipinski definition) is 0. The Bertz CT molecular complexity index is 1230. The van der Waals surface area contributed by atoms with Gasteiger partial charge in [0.25, 0.3) is 5.91 Å². The smallest absolute Gasteiger partial charge is 0.260 e. The third kappa shape index (κ3) is 5.64. The van der Waals surface area contributed by atoms with Gasteiger partial charge in [-0.15, -0.1) is 0 Å². The molecule has 1 aromatic heterocycles. The maximum atomic E-state index is 13.8. The molecule has 6 heteroatoms. The number of thiazole rings is 1. The van der Waals surface area contributed by atoms with Crippen molar-refractivity contribution in [1.29, 1.82) is 0 Å². The van der Waals surface area contributed by atoms with Crippen molar-refractivity contribution in [2.75, 3.05) is 31.1 Å². The number of carbonyl (C=O) groups excluding carboxylic acids is 1. The molecule has 0 aliphatic rings. The molecule has 4 rings (SSSR count). The third-order valence-electron chi connectivity index (χ3n) is 5.92. The first-order valence-electron chi connectivity index (χ1n) is 11.9. The van der Waals surface area contributed by atoms with Gasteiger partial charge in [0.2, 0.25) is 0 Å². The van der Waals surface area contributed by atoms with Crippen LogP contribution >= 0.6 is 11.3 Å². The highest BCUT2D eigenvalue weighted by Gasteiger charge is 2.22. The van der Waals surface area contributed by atoms with Gasteiger partial charge in [0.15, 0.2) is 5.13 Å². The van der Waals surface area contributed by atoms with Crippen LogP contribution in [0.15, 0.2) is 72.8 Å². The molecule has 0 saturated heterocycles. The van der Waals surface area contributed by atoms with Gasteiger partial charge in [-0.05, 0) is 67.5 Å². The van der Waals surface area contributed by atoms with Crippen molar-refractivity contribution in [3.05, 3.63) is 83.9 Å². The molecular weight excluding hydrogens is 442 g/mol. The van der Waals surface area contributed by atoms with Crippen molar-refractivity contribution in [3.8, 4) is 11.5 Å². The predicted octanol–water partition coefficient (Wildman–Crippen LogP) is 6.64. The van der Waals surface area contributed by atoms with Crippen LogP contribution in [0.2, 0.25) is 0 Å². The minimum atomic E-state index is -0.0690. The first-order chi connectivity index (χ1) is 16.6. The highest BCUT2D eigenvalue weighted by Crippen LogP contribution is 2.31. The van der Waals surface area contributed by atoms with Gasteiger partial charge in [-0.3, -0.25) is 9.69 Å². The maximum absolute atomic E-state index is 13.8. The van der Waals surface area contributed by atoms with E-state index >= 15 is 0 Å². The fourth-order valence-corrected chi connectivity index (χ4v) is 4.88. The number of nitrogens with zero attached hydrogens (tertiary/aromatic N) is 3. The molecule has 0 aliphatic carbocycles. The first-order valence-corrected chi connectivity index (χ1v) is 12.7. The number of aryl methyl sites for hydroxylation is 1. The second-order valence-corrected chi connectivity index (χ2v) is 9.09. The van der Waals surface area contributed by atoms with Crippen molar-refractivity contribution >= 4 is 32.6 Å². The summed E-state index contributed by atoms with van der Waals surface area (Å²) in [7, 11) is 0. The molecule has 1 heterocycles. The Morgan fingerprint density at radius 2 is 1.65 bits per heavy atom. The molecule has 0 fully saturated rings. The number of para-hydroxylation sites is 1. The topological polar surface area (TPSA) is 45.7 Å². The molecule has 176 valence electrons. The molecule has 5 nitrogen and oxygen atoms in total. The number of carbonyl (C=O) groups is 1. The summed E-state index contributed by atoms with van der Waals surface area (Å²) in [5, 5.41) is 0.731. The first kappa shape index (κ1) is 23.9. The lowest BCUT2D eigenvalue weighted by atomic mass is 10.2. The predicted molar refractivity (Wildman–Crippen MR) is 141 cm³/mol. The van der Waals surface area contributed by atoms with Gasteiger partial charge in [0.1, 0.15) is 11.5 Å². The molecule has 4 aromatic rings. The van der Waals surface area contributed by atoms with Crippen molar-refractivity contribution in [1.82, 2.24) is 9.88 Å². The highest BCUT2D eigenvalue weighted by atomic mass is 32.1. The fourth-order valence-electron chi connectivity index (χ4n) is 3.83. The van der Waals surface area contributed by atoms with Crippen molar-refractivity contribution < 1.29 is 9.53 Å².